The molecule has 0 aliphatic carbocycles. The first kappa shape index (κ1) is 28.6. The van der Waals surface area contributed by atoms with Crippen LogP contribution in [0, 0.1) is 0 Å². The van der Waals surface area contributed by atoms with Crippen molar-refractivity contribution in [3.63, 3.8) is 0 Å². The molecule has 0 unspecified atom stereocenters. The summed E-state index contributed by atoms with van der Waals surface area (Å²) in [6.07, 6.45) is 0. The third kappa shape index (κ3) is 4.95. The van der Waals surface area contributed by atoms with Gasteiger partial charge in [-0.25, -0.2) is 15.0 Å². The molecule has 5 heteroatoms. The number of hydrogen-bond donors (Lipinski definition) is 0. The number of furan rings is 1. The maximum atomic E-state index is 6.25. The average Bonchev–Trinajstić information content (AvgIpc) is 3.76. The molecule has 0 radical (unpaired) electrons. The van der Waals surface area contributed by atoms with Crippen LogP contribution in [0.4, 0.5) is 0 Å². The van der Waals surface area contributed by atoms with E-state index in [-0.39, 0.29) is 0 Å². The second-order valence-electron chi connectivity index (χ2n) is 12.5. The van der Waals surface area contributed by atoms with Gasteiger partial charge in [0, 0.05) is 47.6 Å². The van der Waals surface area contributed by atoms with Gasteiger partial charge >= 0.3 is 0 Å². The van der Waals surface area contributed by atoms with E-state index in [1.165, 1.54) is 20.2 Å². The molecular formula is C45H27N3OS. The highest BCUT2D eigenvalue weighted by Crippen LogP contribution is 2.39. The molecule has 10 aromatic rings. The first-order chi connectivity index (χ1) is 24.7. The van der Waals surface area contributed by atoms with Gasteiger partial charge in [-0.05, 0) is 70.8 Å². The molecule has 0 saturated carbocycles. The van der Waals surface area contributed by atoms with Gasteiger partial charge in [0.15, 0.2) is 17.5 Å². The minimum absolute atomic E-state index is 0.592. The van der Waals surface area contributed by atoms with Crippen molar-refractivity contribution in [2.75, 3.05) is 0 Å². The van der Waals surface area contributed by atoms with Crippen LogP contribution >= 0.6 is 11.3 Å². The van der Waals surface area contributed by atoms with Crippen LogP contribution in [-0.2, 0) is 0 Å². The first-order valence-electron chi connectivity index (χ1n) is 16.6. The second kappa shape index (κ2) is 11.6. The lowest BCUT2D eigenvalue weighted by Crippen LogP contribution is -2.00. The molecule has 10 rings (SSSR count). The van der Waals surface area contributed by atoms with Crippen LogP contribution in [0.2, 0.25) is 0 Å². The van der Waals surface area contributed by atoms with Gasteiger partial charge in [0.05, 0.1) is 0 Å². The van der Waals surface area contributed by atoms with Gasteiger partial charge in [-0.2, -0.15) is 0 Å². The van der Waals surface area contributed by atoms with Crippen LogP contribution in [0.5, 0.6) is 0 Å². The molecule has 4 nitrogen and oxygen atoms in total. The van der Waals surface area contributed by atoms with Gasteiger partial charge in [0.2, 0.25) is 0 Å². The van der Waals surface area contributed by atoms with Gasteiger partial charge in [0.1, 0.15) is 11.2 Å². The number of hydrogen-bond acceptors (Lipinski definition) is 5. The average molecular weight is 658 g/mol. The molecular weight excluding hydrogens is 631 g/mol. The summed E-state index contributed by atoms with van der Waals surface area (Å²) in [4.78, 5) is 15.3. The minimum Gasteiger partial charge on any atom is -0.456 e. The summed E-state index contributed by atoms with van der Waals surface area (Å²) in [6.45, 7) is 0. The van der Waals surface area contributed by atoms with E-state index in [2.05, 4.69) is 103 Å². The second-order valence-corrected chi connectivity index (χ2v) is 13.5. The van der Waals surface area contributed by atoms with Crippen LogP contribution in [0.3, 0.4) is 0 Å². The van der Waals surface area contributed by atoms with Gasteiger partial charge in [0.25, 0.3) is 0 Å². The molecule has 0 spiro atoms. The highest BCUT2D eigenvalue weighted by molar-refractivity contribution is 7.25. The zero-order chi connectivity index (χ0) is 33.0. The van der Waals surface area contributed by atoms with E-state index < -0.39 is 0 Å². The number of rotatable bonds is 5. The third-order valence-electron chi connectivity index (χ3n) is 9.31. The zero-order valence-electron chi connectivity index (χ0n) is 26.7. The van der Waals surface area contributed by atoms with Crippen LogP contribution in [0.15, 0.2) is 168 Å². The van der Waals surface area contributed by atoms with Gasteiger partial charge < -0.3 is 4.42 Å². The Morgan fingerprint density at radius 2 is 0.860 bits per heavy atom. The van der Waals surface area contributed by atoms with Gasteiger partial charge in [-0.1, -0.05) is 115 Å². The summed E-state index contributed by atoms with van der Waals surface area (Å²) in [5, 5.41) is 4.74. The fourth-order valence-electron chi connectivity index (χ4n) is 6.84. The fourth-order valence-corrected chi connectivity index (χ4v) is 7.99. The lowest BCUT2D eigenvalue weighted by molar-refractivity contribution is 0.669. The van der Waals surface area contributed by atoms with Crippen molar-refractivity contribution >= 4 is 53.4 Å². The topological polar surface area (TPSA) is 51.8 Å². The smallest absolute Gasteiger partial charge is 0.164 e. The molecule has 7 aromatic carbocycles. The highest BCUT2D eigenvalue weighted by Gasteiger charge is 2.17. The molecule has 0 bridgehead atoms. The van der Waals surface area contributed by atoms with Crippen LogP contribution < -0.4 is 0 Å². The summed E-state index contributed by atoms with van der Waals surface area (Å²) in [5.41, 5.74) is 8.86. The lowest BCUT2D eigenvalue weighted by Gasteiger charge is -2.12. The van der Waals surface area contributed by atoms with Gasteiger partial charge in [-0.3, -0.25) is 0 Å². The number of aromatic nitrogens is 3. The van der Waals surface area contributed by atoms with E-state index in [4.69, 9.17) is 19.4 Å². The number of thiophene rings is 1. The van der Waals surface area contributed by atoms with Crippen molar-refractivity contribution in [2.45, 2.75) is 0 Å². The molecule has 0 aliphatic rings. The van der Waals surface area contributed by atoms with Crippen molar-refractivity contribution in [3.05, 3.63) is 164 Å². The van der Waals surface area contributed by atoms with E-state index in [0.29, 0.717) is 17.5 Å². The fraction of sp³-hybridized carbons (Fsp3) is 0. The number of para-hydroxylation sites is 1. The molecule has 234 valence electrons. The van der Waals surface area contributed by atoms with Crippen molar-refractivity contribution in [1.82, 2.24) is 15.0 Å². The van der Waals surface area contributed by atoms with Crippen LogP contribution in [0.25, 0.3) is 98.5 Å². The highest BCUT2D eigenvalue weighted by atomic mass is 32.1. The summed E-state index contributed by atoms with van der Waals surface area (Å²) in [5.74, 6) is 1.82. The zero-order valence-corrected chi connectivity index (χ0v) is 27.6. The monoisotopic (exact) mass is 657 g/mol. The number of nitrogens with zero attached hydrogens (tertiary/aromatic N) is 3. The Hall–Kier alpha value is -6.43. The van der Waals surface area contributed by atoms with Crippen LogP contribution in [0.1, 0.15) is 0 Å². The summed E-state index contributed by atoms with van der Waals surface area (Å²) < 4.78 is 8.82. The number of fused-ring (bicyclic) bond motifs is 6. The third-order valence-corrected chi connectivity index (χ3v) is 10.4. The lowest BCUT2D eigenvalue weighted by atomic mass is 9.95. The van der Waals surface area contributed by atoms with E-state index >= 15 is 0 Å². The standard InChI is InChI=1S/C45H27N3OS/c1-3-11-28(12-4-1)32-23-33(30-19-22-38-37-16-8-10-18-41(37)50-42(38)27-30)25-34(24-32)45-47-43(29-13-5-2-6-14-29)46-44(48-45)31-20-21-36-35-15-7-9-17-39(35)49-40(36)26-31/h1-27H. The normalized spacial score (nSPS) is 11.6. The molecule has 0 fully saturated rings. The van der Waals surface area contributed by atoms with E-state index in [1.54, 1.807) is 0 Å². The van der Waals surface area contributed by atoms with Crippen molar-refractivity contribution in [2.24, 2.45) is 0 Å². The van der Waals surface area contributed by atoms with E-state index in [9.17, 15) is 0 Å². The Balaban J connectivity index is 1.17. The molecule has 0 saturated heterocycles. The molecule has 3 aromatic heterocycles. The number of benzene rings is 7. The largest absolute Gasteiger partial charge is 0.456 e. The Morgan fingerprint density at radius 1 is 0.320 bits per heavy atom. The van der Waals surface area contributed by atoms with Crippen LogP contribution in [-0.4, -0.2) is 15.0 Å². The minimum atomic E-state index is 0.592. The van der Waals surface area contributed by atoms with Crippen molar-refractivity contribution in [3.8, 4) is 56.4 Å². The Bertz CT molecular complexity index is 2680. The summed E-state index contributed by atoms with van der Waals surface area (Å²) in [7, 11) is 0. The molecule has 50 heavy (non-hydrogen) atoms. The molecule has 0 N–H and O–H groups in total. The Kier molecular flexibility index (Phi) is 6.64. The maximum Gasteiger partial charge on any atom is 0.164 e. The SMILES string of the molecule is c1ccc(-c2cc(-c3ccc4c(c3)sc3ccccc34)cc(-c3nc(-c4ccccc4)nc(-c4ccc5c(c4)oc4ccccc45)n3)c2)cc1. The molecule has 0 atom stereocenters. The predicted octanol–water partition coefficient (Wildman–Crippen LogP) is 12.5. The van der Waals surface area contributed by atoms with E-state index in [1.807, 2.05) is 72.0 Å². The summed E-state index contributed by atoms with van der Waals surface area (Å²) >= 11 is 1.83. The molecule has 0 aliphatic heterocycles. The molecule has 3 heterocycles. The Morgan fingerprint density at radius 3 is 1.66 bits per heavy atom. The van der Waals surface area contributed by atoms with E-state index in [0.717, 1.165) is 60.9 Å². The summed E-state index contributed by atoms with van der Waals surface area (Å²) in [6, 6.07) is 57.0. The Labute approximate surface area is 292 Å². The predicted molar refractivity (Wildman–Crippen MR) is 207 cm³/mol. The molecule has 0 amide bonds. The first-order valence-corrected chi connectivity index (χ1v) is 17.4. The van der Waals surface area contributed by atoms with Gasteiger partial charge in [-0.15, -0.1) is 11.3 Å². The van der Waals surface area contributed by atoms with Crippen molar-refractivity contribution in [1.29, 1.82) is 0 Å². The van der Waals surface area contributed by atoms with Crippen molar-refractivity contribution < 1.29 is 4.42 Å². The maximum absolute atomic E-state index is 6.25. The quantitative estimate of drug-likeness (QED) is 0.185.